The molecule has 1 aromatic carbocycles. The molecule has 0 spiro atoms. The maximum Gasteiger partial charge on any atom is 0.228 e. The van der Waals surface area contributed by atoms with Crippen molar-refractivity contribution in [2.45, 2.75) is 6.61 Å². The van der Waals surface area contributed by atoms with Gasteiger partial charge in [-0.1, -0.05) is 23.7 Å². The average Bonchev–Trinajstić information content (AvgIpc) is 2.30. The Bertz CT molecular complexity index is 516. The van der Waals surface area contributed by atoms with Crippen LogP contribution in [0.4, 0.5) is 5.69 Å². The second kappa shape index (κ2) is 5.38. The van der Waals surface area contributed by atoms with E-state index < -0.39 is 0 Å². The number of hydrogen-bond acceptors (Lipinski definition) is 3. The molecular formula is C12H10BrClN2O. The van der Waals surface area contributed by atoms with Gasteiger partial charge in [0.1, 0.15) is 6.61 Å². The Balaban J connectivity index is 2.04. The Kier molecular flexibility index (Phi) is 3.86. The minimum absolute atomic E-state index is 0.438. The minimum Gasteiger partial charge on any atom is -0.472 e. The van der Waals surface area contributed by atoms with E-state index in [4.69, 9.17) is 22.1 Å². The van der Waals surface area contributed by atoms with Crippen molar-refractivity contribution in [3.05, 3.63) is 51.6 Å². The van der Waals surface area contributed by atoms with Crippen molar-refractivity contribution in [1.82, 2.24) is 4.98 Å². The summed E-state index contributed by atoms with van der Waals surface area (Å²) in [7, 11) is 0. The Morgan fingerprint density at radius 1 is 1.29 bits per heavy atom. The summed E-state index contributed by atoms with van der Waals surface area (Å²) in [4.78, 5) is 4.08. The summed E-state index contributed by atoms with van der Waals surface area (Å²) in [5.41, 5.74) is 7.37. The number of pyridine rings is 1. The fraction of sp³-hybridized carbons (Fsp3) is 0.0833. The summed E-state index contributed by atoms with van der Waals surface area (Å²) in [6.07, 6.45) is 1.55. The molecule has 0 fully saturated rings. The Labute approximate surface area is 113 Å². The van der Waals surface area contributed by atoms with Crippen LogP contribution in [0.2, 0.25) is 5.02 Å². The van der Waals surface area contributed by atoms with Crippen molar-refractivity contribution in [1.29, 1.82) is 0 Å². The second-order valence-corrected chi connectivity index (χ2v) is 4.76. The molecule has 0 aliphatic carbocycles. The van der Waals surface area contributed by atoms with E-state index in [9.17, 15) is 0 Å². The molecule has 0 aliphatic heterocycles. The van der Waals surface area contributed by atoms with Crippen molar-refractivity contribution in [3.63, 3.8) is 0 Å². The summed E-state index contributed by atoms with van der Waals surface area (Å²) < 4.78 is 6.30. The molecule has 1 heterocycles. The third kappa shape index (κ3) is 3.35. The molecule has 0 saturated carbocycles. The van der Waals surface area contributed by atoms with Gasteiger partial charge in [0.2, 0.25) is 5.88 Å². The fourth-order valence-corrected chi connectivity index (χ4v) is 2.03. The average molecular weight is 314 g/mol. The van der Waals surface area contributed by atoms with Crippen LogP contribution in [0.3, 0.4) is 0 Å². The molecule has 0 amide bonds. The van der Waals surface area contributed by atoms with Gasteiger partial charge in [-0.25, -0.2) is 4.98 Å². The number of nitrogens with two attached hydrogens (primary N) is 1. The molecule has 0 unspecified atom stereocenters. The van der Waals surface area contributed by atoms with Gasteiger partial charge in [0.05, 0.1) is 9.50 Å². The smallest absolute Gasteiger partial charge is 0.228 e. The number of halogens is 2. The van der Waals surface area contributed by atoms with Gasteiger partial charge in [-0.2, -0.15) is 0 Å². The molecule has 0 aliphatic rings. The normalized spacial score (nSPS) is 10.2. The zero-order chi connectivity index (χ0) is 12.3. The number of rotatable bonds is 3. The maximum absolute atomic E-state index is 5.79. The molecule has 17 heavy (non-hydrogen) atoms. The molecule has 3 nitrogen and oxygen atoms in total. The molecule has 5 heteroatoms. The van der Waals surface area contributed by atoms with Gasteiger partial charge in [0, 0.05) is 11.9 Å². The predicted octanol–water partition coefficient (Wildman–Crippen LogP) is 3.66. The highest BCUT2D eigenvalue weighted by atomic mass is 79.9. The maximum atomic E-state index is 5.79. The van der Waals surface area contributed by atoms with E-state index in [0.717, 1.165) is 15.7 Å². The van der Waals surface area contributed by atoms with Crippen molar-refractivity contribution in [3.8, 4) is 5.88 Å². The standard InChI is InChI=1S/C12H10BrClN2O/c13-11-5-9(14)6-16-12(11)17-7-8-1-3-10(15)4-2-8/h1-6H,7,15H2. The molecule has 1 aromatic heterocycles. The summed E-state index contributed by atoms with van der Waals surface area (Å²) >= 11 is 9.13. The third-order valence-electron chi connectivity index (χ3n) is 2.13. The van der Waals surface area contributed by atoms with Crippen molar-refractivity contribution in [2.75, 3.05) is 5.73 Å². The van der Waals surface area contributed by atoms with E-state index in [2.05, 4.69) is 20.9 Å². The molecule has 0 saturated heterocycles. The fourth-order valence-electron chi connectivity index (χ4n) is 1.27. The number of benzene rings is 1. The number of anilines is 1. The predicted molar refractivity (Wildman–Crippen MR) is 72.1 cm³/mol. The van der Waals surface area contributed by atoms with E-state index >= 15 is 0 Å². The van der Waals surface area contributed by atoms with Crippen LogP contribution in [-0.4, -0.2) is 4.98 Å². The largest absolute Gasteiger partial charge is 0.472 e. The summed E-state index contributed by atoms with van der Waals surface area (Å²) in [5.74, 6) is 0.520. The van der Waals surface area contributed by atoms with E-state index in [1.807, 2.05) is 24.3 Å². The van der Waals surface area contributed by atoms with Gasteiger partial charge >= 0.3 is 0 Å². The first-order valence-electron chi connectivity index (χ1n) is 4.93. The molecule has 2 N–H and O–H groups in total. The third-order valence-corrected chi connectivity index (χ3v) is 2.90. The number of aromatic nitrogens is 1. The number of hydrogen-bond donors (Lipinski definition) is 1. The van der Waals surface area contributed by atoms with Crippen LogP contribution in [0.5, 0.6) is 5.88 Å². The van der Waals surface area contributed by atoms with Crippen LogP contribution in [0.15, 0.2) is 41.0 Å². The molecule has 0 radical (unpaired) electrons. The van der Waals surface area contributed by atoms with E-state index in [1.54, 1.807) is 12.3 Å². The molecule has 2 aromatic rings. The lowest BCUT2D eigenvalue weighted by atomic mass is 10.2. The van der Waals surface area contributed by atoms with Crippen LogP contribution < -0.4 is 10.5 Å². The molecular weight excluding hydrogens is 304 g/mol. The highest BCUT2D eigenvalue weighted by molar-refractivity contribution is 9.10. The van der Waals surface area contributed by atoms with Crippen molar-refractivity contribution >= 4 is 33.2 Å². The van der Waals surface area contributed by atoms with Crippen LogP contribution in [0.25, 0.3) is 0 Å². The first-order chi connectivity index (χ1) is 8.15. The van der Waals surface area contributed by atoms with Gasteiger partial charge in [-0.05, 0) is 39.7 Å². The van der Waals surface area contributed by atoms with Crippen LogP contribution in [0, 0.1) is 0 Å². The molecule has 0 atom stereocenters. The summed E-state index contributed by atoms with van der Waals surface area (Å²) in [6, 6.07) is 9.25. The van der Waals surface area contributed by atoms with Crippen molar-refractivity contribution < 1.29 is 4.74 Å². The van der Waals surface area contributed by atoms with Gasteiger partial charge in [-0.15, -0.1) is 0 Å². The van der Waals surface area contributed by atoms with Gasteiger partial charge in [-0.3, -0.25) is 0 Å². The van der Waals surface area contributed by atoms with Crippen LogP contribution in [0.1, 0.15) is 5.56 Å². The Hall–Kier alpha value is -1.26. The Morgan fingerprint density at radius 3 is 2.65 bits per heavy atom. The Morgan fingerprint density at radius 2 is 2.00 bits per heavy atom. The van der Waals surface area contributed by atoms with Gasteiger partial charge in [0.25, 0.3) is 0 Å². The van der Waals surface area contributed by atoms with Crippen LogP contribution >= 0.6 is 27.5 Å². The van der Waals surface area contributed by atoms with E-state index in [1.165, 1.54) is 0 Å². The summed E-state index contributed by atoms with van der Waals surface area (Å²) in [6.45, 7) is 0.438. The molecule has 88 valence electrons. The minimum atomic E-state index is 0.438. The first-order valence-corrected chi connectivity index (χ1v) is 6.10. The molecule has 0 bridgehead atoms. The lowest BCUT2D eigenvalue weighted by molar-refractivity contribution is 0.292. The van der Waals surface area contributed by atoms with E-state index in [0.29, 0.717) is 17.5 Å². The monoisotopic (exact) mass is 312 g/mol. The lowest BCUT2D eigenvalue weighted by Gasteiger charge is -2.07. The topological polar surface area (TPSA) is 48.1 Å². The van der Waals surface area contributed by atoms with Crippen molar-refractivity contribution in [2.24, 2.45) is 0 Å². The highest BCUT2D eigenvalue weighted by Crippen LogP contribution is 2.25. The van der Waals surface area contributed by atoms with Gasteiger partial charge in [0.15, 0.2) is 0 Å². The quantitative estimate of drug-likeness (QED) is 0.880. The molecule has 2 rings (SSSR count). The first kappa shape index (κ1) is 12.2. The zero-order valence-corrected chi connectivity index (χ0v) is 11.2. The highest BCUT2D eigenvalue weighted by Gasteiger charge is 2.03. The number of nitrogen functional groups attached to an aromatic ring is 1. The second-order valence-electron chi connectivity index (χ2n) is 3.47. The summed E-state index contributed by atoms with van der Waals surface area (Å²) in [5, 5.41) is 0.566. The van der Waals surface area contributed by atoms with Crippen LogP contribution in [-0.2, 0) is 6.61 Å². The number of ether oxygens (including phenoxy) is 1. The zero-order valence-electron chi connectivity index (χ0n) is 8.86. The van der Waals surface area contributed by atoms with Gasteiger partial charge < -0.3 is 10.5 Å². The van der Waals surface area contributed by atoms with E-state index in [-0.39, 0.29) is 0 Å². The number of nitrogens with zero attached hydrogens (tertiary/aromatic N) is 1. The lowest BCUT2D eigenvalue weighted by Crippen LogP contribution is -1.98. The SMILES string of the molecule is Nc1ccc(COc2ncc(Cl)cc2Br)cc1.